The summed E-state index contributed by atoms with van der Waals surface area (Å²) >= 11 is 0. The second kappa shape index (κ2) is 7.92. The summed E-state index contributed by atoms with van der Waals surface area (Å²) in [4.78, 5) is 23.3. The minimum absolute atomic E-state index is 0.0742. The average Bonchev–Trinajstić information content (AvgIpc) is 3.16. The maximum Gasteiger partial charge on any atom is 0.303 e. The number of fused-ring (bicyclic) bond motifs is 1. The van der Waals surface area contributed by atoms with Crippen LogP contribution in [0.15, 0.2) is 48.5 Å². The van der Waals surface area contributed by atoms with Gasteiger partial charge in [0.05, 0.1) is 0 Å². The molecule has 9 nitrogen and oxygen atoms in total. The smallest absolute Gasteiger partial charge is 0.303 e. The monoisotopic (exact) mass is 393 g/mol. The zero-order chi connectivity index (χ0) is 21.0. The molecule has 3 aromatic rings. The number of carbonyl (C=O) groups excluding carboxylic acids is 1. The second-order valence-electron chi connectivity index (χ2n) is 6.47. The van der Waals surface area contributed by atoms with E-state index in [1.54, 1.807) is 0 Å². The maximum atomic E-state index is 10.4. The number of H-pyrrole nitrogens is 1. The predicted molar refractivity (Wildman–Crippen MR) is 106 cm³/mol. The first-order chi connectivity index (χ1) is 13.8. The number of nitrogens with one attached hydrogen (secondary N) is 2. The van der Waals surface area contributed by atoms with E-state index in [1.807, 2.05) is 48.5 Å². The van der Waals surface area contributed by atoms with Gasteiger partial charge in [-0.25, -0.2) is 0 Å². The molecule has 29 heavy (non-hydrogen) atoms. The molecule has 1 aliphatic heterocycles. The van der Waals surface area contributed by atoms with Crippen LogP contribution < -0.4 is 21.5 Å². The third-order valence-corrected chi connectivity index (χ3v) is 4.30. The summed E-state index contributed by atoms with van der Waals surface area (Å²) in [7, 11) is 0. The highest BCUT2D eigenvalue weighted by Crippen LogP contribution is 2.29. The largest absolute Gasteiger partial charge is 0.481 e. The molecule has 4 rings (SSSR count). The Morgan fingerprint density at radius 3 is 2.48 bits per heavy atom. The van der Waals surface area contributed by atoms with Crippen LogP contribution in [0.2, 0.25) is 0 Å². The van der Waals surface area contributed by atoms with Gasteiger partial charge in [0.15, 0.2) is 5.66 Å². The SMILES string of the molecule is N#Cc1c(N)[nH]c2ccc(Oc3ccccc3)cc12.NC1(CCC(=O)O)NC1=O. The summed E-state index contributed by atoms with van der Waals surface area (Å²) in [5, 5.41) is 20.4. The fourth-order valence-corrected chi connectivity index (χ4v) is 2.65. The Morgan fingerprint density at radius 2 is 1.90 bits per heavy atom. The van der Waals surface area contributed by atoms with E-state index < -0.39 is 11.6 Å². The third kappa shape index (κ3) is 4.63. The number of rotatable bonds is 5. The Bertz CT molecular complexity index is 1100. The van der Waals surface area contributed by atoms with Crippen LogP contribution in [0.3, 0.4) is 0 Å². The van der Waals surface area contributed by atoms with Gasteiger partial charge in [-0.1, -0.05) is 18.2 Å². The molecule has 1 atom stereocenters. The van der Waals surface area contributed by atoms with Gasteiger partial charge in [0.1, 0.15) is 28.9 Å². The Balaban J connectivity index is 0.000000204. The number of nitrogen functional groups attached to an aromatic ring is 1. The number of nitriles is 1. The summed E-state index contributed by atoms with van der Waals surface area (Å²) in [6, 6.07) is 17.1. The van der Waals surface area contributed by atoms with Gasteiger partial charge >= 0.3 is 5.97 Å². The molecule has 1 aromatic heterocycles. The van der Waals surface area contributed by atoms with Crippen LogP contribution in [-0.2, 0) is 9.59 Å². The normalized spacial score (nSPS) is 16.9. The lowest BCUT2D eigenvalue weighted by Crippen LogP contribution is -2.29. The molecular weight excluding hydrogens is 374 g/mol. The summed E-state index contributed by atoms with van der Waals surface area (Å²) in [6.45, 7) is 0. The Kier molecular flexibility index (Phi) is 5.38. The minimum Gasteiger partial charge on any atom is -0.481 e. The molecule has 0 saturated carbocycles. The quantitative estimate of drug-likeness (QED) is 0.412. The number of carboxylic acids is 1. The molecule has 1 fully saturated rings. The highest BCUT2D eigenvalue weighted by Gasteiger charge is 2.49. The fraction of sp³-hybridized carbons (Fsp3) is 0.150. The van der Waals surface area contributed by atoms with E-state index in [4.69, 9.17) is 26.6 Å². The number of carbonyl (C=O) groups is 2. The van der Waals surface area contributed by atoms with Crippen LogP contribution in [0, 0.1) is 11.3 Å². The topological polar surface area (TPSA) is 177 Å². The zero-order valence-electron chi connectivity index (χ0n) is 15.3. The molecule has 2 heterocycles. The van der Waals surface area contributed by atoms with E-state index in [1.165, 1.54) is 0 Å². The number of nitrogens with two attached hydrogens (primary N) is 2. The van der Waals surface area contributed by atoms with Gasteiger partial charge in [0, 0.05) is 23.7 Å². The number of ether oxygens (including phenoxy) is 1. The zero-order valence-corrected chi connectivity index (χ0v) is 15.3. The standard InChI is InChI=1S/C15H11N3O.C5H8N2O3/c16-9-13-12-8-11(6-7-14(12)18-15(13)17)19-10-4-2-1-3-5-10;6-5(4(10)7-5)2-1-3(8)9/h1-8,18H,17H2;1-2,6H2,(H,7,10)(H,8,9). The van der Waals surface area contributed by atoms with Crippen LogP contribution in [-0.4, -0.2) is 27.6 Å². The van der Waals surface area contributed by atoms with Crippen LogP contribution in [0.1, 0.15) is 18.4 Å². The molecule has 0 spiro atoms. The molecule has 0 bridgehead atoms. The van der Waals surface area contributed by atoms with Crippen molar-refractivity contribution in [1.82, 2.24) is 10.3 Å². The molecule has 0 radical (unpaired) electrons. The van der Waals surface area contributed by atoms with E-state index in [2.05, 4.69) is 16.4 Å². The summed E-state index contributed by atoms with van der Waals surface area (Å²) in [6.07, 6.45) is 0.0937. The van der Waals surface area contributed by atoms with E-state index in [0.29, 0.717) is 17.1 Å². The first kappa shape index (κ1) is 19.7. The number of para-hydroxylation sites is 1. The summed E-state index contributed by atoms with van der Waals surface area (Å²) in [5.74, 6) is 0.604. The van der Waals surface area contributed by atoms with Crippen molar-refractivity contribution < 1.29 is 19.4 Å². The van der Waals surface area contributed by atoms with Crippen molar-refractivity contribution in [2.75, 3.05) is 5.73 Å². The molecule has 2 aromatic carbocycles. The van der Waals surface area contributed by atoms with Gasteiger partial charge in [-0.05, 0) is 30.3 Å². The van der Waals surface area contributed by atoms with E-state index >= 15 is 0 Å². The summed E-state index contributed by atoms with van der Waals surface area (Å²) < 4.78 is 5.73. The Hall–Kier alpha value is -4.03. The third-order valence-electron chi connectivity index (χ3n) is 4.30. The van der Waals surface area contributed by atoms with Crippen LogP contribution in [0.4, 0.5) is 5.82 Å². The molecule has 0 aliphatic carbocycles. The van der Waals surface area contributed by atoms with Crippen LogP contribution in [0.5, 0.6) is 11.5 Å². The lowest BCUT2D eigenvalue weighted by molar-refractivity contribution is -0.137. The molecule has 1 aliphatic rings. The number of benzene rings is 2. The number of nitrogens with zero attached hydrogens (tertiary/aromatic N) is 1. The Morgan fingerprint density at radius 1 is 1.21 bits per heavy atom. The Labute approximate surface area is 165 Å². The highest BCUT2D eigenvalue weighted by molar-refractivity contribution is 6.01. The molecule has 1 saturated heterocycles. The van der Waals surface area contributed by atoms with Crippen molar-refractivity contribution in [3.05, 3.63) is 54.1 Å². The van der Waals surface area contributed by atoms with Crippen molar-refractivity contribution in [2.45, 2.75) is 18.5 Å². The van der Waals surface area contributed by atoms with Crippen molar-refractivity contribution >= 4 is 28.6 Å². The number of anilines is 1. The van der Waals surface area contributed by atoms with E-state index in [-0.39, 0.29) is 18.7 Å². The maximum absolute atomic E-state index is 10.4. The van der Waals surface area contributed by atoms with Crippen molar-refractivity contribution in [2.24, 2.45) is 5.73 Å². The van der Waals surface area contributed by atoms with E-state index in [9.17, 15) is 9.59 Å². The number of carboxylic acid groups (broad SMARTS) is 1. The van der Waals surface area contributed by atoms with Gasteiger partial charge in [-0.15, -0.1) is 0 Å². The summed E-state index contributed by atoms with van der Waals surface area (Å²) in [5.41, 5.74) is 11.3. The van der Waals surface area contributed by atoms with Gasteiger partial charge in [0.25, 0.3) is 5.91 Å². The first-order valence-electron chi connectivity index (χ1n) is 8.70. The average molecular weight is 393 g/mol. The lowest BCUT2D eigenvalue weighted by atomic mass is 10.2. The number of aromatic nitrogens is 1. The van der Waals surface area contributed by atoms with Gasteiger partial charge in [-0.3, -0.25) is 9.59 Å². The van der Waals surface area contributed by atoms with Gasteiger partial charge < -0.3 is 31.6 Å². The number of aliphatic carboxylic acids is 1. The van der Waals surface area contributed by atoms with Crippen molar-refractivity contribution in [3.8, 4) is 17.6 Å². The second-order valence-corrected chi connectivity index (χ2v) is 6.47. The van der Waals surface area contributed by atoms with Crippen molar-refractivity contribution in [1.29, 1.82) is 5.26 Å². The van der Waals surface area contributed by atoms with Crippen LogP contribution in [0.25, 0.3) is 10.9 Å². The van der Waals surface area contributed by atoms with Gasteiger partial charge in [0.2, 0.25) is 0 Å². The van der Waals surface area contributed by atoms with Crippen LogP contribution >= 0.6 is 0 Å². The molecule has 1 amide bonds. The highest BCUT2D eigenvalue weighted by atomic mass is 16.5. The number of hydrogen-bond donors (Lipinski definition) is 5. The molecule has 7 N–H and O–H groups in total. The molecule has 1 unspecified atom stereocenters. The fourth-order valence-electron chi connectivity index (χ4n) is 2.65. The lowest BCUT2D eigenvalue weighted by Gasteiger charge is -2.05. The number of aromatic amines is 1. The van der Waals surface area contributed by atoms with Crippen molar-refractivity contribution in [3.63, 3.8) is 0 Å². The first-order valence-corrected chi connectivity index (χ1v) is 8.70. The molecular formula is C20H19N5O4. The molecule has 9 heteroatoms. The molecule has 148 valence electrons. The number of amides is 1. The minimum atomic E-state index is -1.03. The predicted octanol–water partition coefficient (Wildman–Crippen LogP) is 2.05. The van der Waals surface area contributed by atoms with Gasteiger partial charge in [-0.2, -0.15) is 5.26 Å². The van der Waals surface area contributed by atoms with E-state index in [0.717, 1.165) is 16.7 Å². The number of hydrogen-bond acceptors (Lipinski definition) is 6.